The molecule has 0 heterocycles. The van der Waals surface area contributed by atoms with Crippen LogP contribution in [0.25, 0.3) is 0 Å². The van der Waals surface area contributed by atoms with Gasteiger partial charge in [0.25, 0.3) is 0 Å². The van der Waals surface area contributed by atoms with Crippen molar-refractivity contribution in [2.24, 2.45) is 5.92 Å². The SMILES string of the molecule is C=C(OCC)/C(F)=C(/F)C(=C)C(C)CCCC. The lowest BCUT2D eigenvalue weighted by Gasteiger charge is -2.14. The number of rotatable bonds is 8. The Morgan fingerprint density at radius 3 is 2.24 bits per heavy atom. The standard InChI is InChI=1S/C14H22F2O/c1-6-8-9-10(3)11(4)13(15)14(16)12(5)17-7-2/h10H,4-9H2,1-3H3/b14-13-. The van der Waals surface area contributed by atoms with E-state index in [9.17, 15) is 8.78 Å². The zero-order chi connectivity index (χ0) is 13.4. The van der Waals surface area contributed by atoms with E-state index < -0.39 is 11.7 Å². The summed E-state index contributed by atoms with van der Waals surface area (Å²) in [7, 11) is 0. The normalized spacial score (nSPS) is 13.9. The zero-order valence-corrected chi connectivity index (χ0v) is 11.0. The van der Waals surface area contributed by atoms with Crippen LogP contribution in [0.15, 0.2) is 36.1 Å². The number of hydrogen-bond acceptors (Lipinski definition) is 1. The van der Waals surface area contributed by atoms with Crippen LogP contribution >= 0.6 is 0 Å². The molecule has 0 saturated carbocycles. The van der Waals surface area contributed by atoms with Gasteiger partial charge >= 0.3 is 0 Å². The molecular formula is C14H22F2O. The molecule has 1 unspecified atom stereocenters. The molecule has 0 aromatic carbocycles. The van der Waals surface area contributed by atoms with Crippen molar-refractivity contribution in [2.45, 2.75) is 40.0 Å². The Balaban J connectivity index is 4.65. The van der Waals surface area contributed by atoms with Gasteiger partial charge in [0.15, 0.2) is 17.4 Å². The number of unbranched alkanes of at least 4 members (excludes halogenated alkanes) is 1. The molecule has 0 saturated heterocycles. The Hall–Kier alpha value is -1.12. The zero-order valence-electron chi connectivity index (χ0n) is 11.0. The predicted octanol–water partition coefficient (Wildman–Crippen LogP) is 5.07. The van der Waals surface area contributed by atoms with E-state index >= 15 is 0 Å². The van der Waals surface area contributed by atoms with Crippen LogP contribution in [0, 0.1) is 5.92 Å². The van der Waals surface area contributed by atoms with Crippen molar-refractivity contribution in [3.63, 3.8) is 0 Å². The Labute approximate surface area is 103 Å². The van der Waals surface area contributed by atoms with E-state index in [4.69, 9.17) is 4.74 Å². The lowest BCUT2D eigenvalue weighted by molar-refractivity contribution is 0.223. The Bertz CT molecular complexity index is 305. The van der Waals surface area contributed by atoms with Gasteiger partial charge < -0.3 is 4.74 Å². The average Bonchev–Trinajstić information content (AvgIpc) is 2.33. The number of halogens is 2. The quantitative estimate of drug-likeness (QED) is 0.428. The summed E-state index contributed by atoms with van der Waals surface area (Å²) in [6, 6.07) is 0. The van der Waals surface area contributed by atoms with Crippen LogP contribution in [0.5, 0.6) is 0 Å². The summed E-state index contributed by atoms with van der Waals surface area (Å²) in [5.74, 6) is -2.32. The summed E-state index contributed by atoms with van der Waals surface area (Å²) < 4.78 is 32.1. The first kappa shape index (κ1) is 15.9. The maximum atomic E-state index is 13.7. The van der Waals surface area contributed by atoms with Crippen molar-refractivity contribution in [1.29, 1.82) is 0 Å². The van der Waals surface area contributed by atoms with Gasteiger partial charge in [-0.3, -0.25) is 0 Å². The number of hydrogen-bond donors (Lipinski definition) is 0. The molecule has 0 N–H and O–H groups in total. The van der Waals surface area contributed by atoms with Gasteiger partial charge in [-0.15, -0.1) is 0 Å². The van der Waals surface area contributed by atoms with Gasteiger partial charge in [0, 0.05) is 0 Å². The smallest absolute Gasteiger partial charge is 0.200 e. The molecule has 1 nitrogen and oxygen atoms in total. The Kier molecular flexibility index (Phi) is 7.51. The highest BCUT2D eigenvalue weighted by Gasteiger charge is 2.18. The largest absolute Gasteiger partial charge is 0.491 e. The lowest BCUT2D eigenvalue weighted by atomic mass is 9.95. The average molecular weight is 244 g/mol. The van der Waals surface area contributed by atoms with E-state index in [1.165, 1.54) is 0 Å². The van der Waals surface area contributed by atoms with Crippen molar-refractivity contribution in [1.82, 2.24) is 0 Å². The maximum absolute atomic E-state index is 13.7. The molecule has 0 aromatic heterocycles. The van der Waals surface area contributed by atoms with Gasteiger partial charge in [-0.25, -0.2) is 4.39 Å². The minimum atomic E-state index is -1.04. The minimum Gasteiger partial charge on any atom is -0.491 e. The summed E-state index contributed by atoms with van der Waals surface area (Å²) in [6.45, 7) is 12.8. The molecule has 1 atom stereocenters. The van der Waals surface area contributed by atoms with Crippen molar-refractivity contribution in [3.05, 3.63) is 36.1 Å². The fourth-order valence-corrected chi connectivity index (χ4v) is 1.40. The Morgan fingerprint density at radius 1 is 1.18 bits per heavy atom. The second-order valence-electron chi connectivity index (χ2n) is 4.05. The van der Waals surface area contributed by atoms with Crippen LogP contribution in [-0.2, 0) is 4.74 Å². The molecule has 0 spiro atoms. The molecule has 3 heteroatoms. The van der Waals surface area contributed by atoms with Crippen LogP contribution in [0.3, 0.4) is 0 Å². The molecular weight excluding hydrogens is 222 g/mol. The summed E-state index contributed by atoms with van der Waals surface area (Å²) in [4.78, 5) is 0. The summed E-state index contributed by atoms with van der Waals surface area (Å²) >= 11 is 0. The van der Waals surface area contributed by atoms with Crippen molar-refractivity contribution in [3.8, 4) is 0 Å². The predicted molar refractivity (Wildman–Crippen MR) is 67.8 cm³/mol. The second-order valence-corrected chi connectivity index (χ2v) is 4.05. The van der Waals surface area contributed by atoms with E-state index in [1.807, 2.05) is 6.92 Å². The molecule has 0 radical (unpaired) electrons. The van der Waals surface area contributed by atoms with E-state index in [-0.39, 0.29) is 23.9 Å². The monoisotopic (exact) mass is 244 g/mol. The van der Waals surface area contributed by atoms with Gasteiger partial charge in [0.2, 0.25) is 0 Å². The molecule has 0 aliphatic carbocycles. The Morgan fingerprint density at radius 2 is 1.76 bits per heavy atom. The minimum absolute atomic E-state index is 0.0740. The number of ether oxygens (including phenoxy) is 1. The maximum Gasteiger partial charge on any atom is 0.200 e. The molecule has 0 rings (SSSR count). The number of allylic oxidation sites excluding steroid dienone is 3. The van der Waals surface area contributed by atoms with Crippen LogP contribution in [-0.4, -0.2) is 6.61 Å². The van der Waals surface area contributed by atoms with Crippen LogP contribution < -0.4 is 0 Å². The third-order valence-electron chi connectivity index (χ3n) is 2.62. The van der Waals surface area contributed by atoms with Gasteiger partial charge in [0.1, 0.15) is 0 Å². The van der Waals surface area contributed by atoms with Gasteiger partial charge in [-0.05, 0) is 24.8 Å². The topological polar surface area (TPSA) is 9.23 Å². The first-order chi connectivity index (χ1) is 7.95. The summed E-state index contributed by atoms with van der Waals surface area (Å²) in [5.41, 5.74) is 0.178. The highest BCUT2D eigenvalue weighted by Crippen LogP contribution is 2.29. The third-order valence-corrected chi connectivity index (χ3v) is 2.62. The molecule has 0 aliphatic rings. The molecule has 0 bridgehead atoms. The molecule has 98 valence electrons. The highest BCUT2D eigenvalue weighted by molar-refractivity contribution is 5.33. The van der Waals surface area contributed by atoms with Crippen molar-refractivity contribution < 1.29 is 13.5 Å². The van der Waals surface area contributed by atoms with Crippen LogP contribution in [0.1, 0.15) is 40.0 Å². The lowest BCUT2D eigenvalue weighted by Crippen LogP contribution is -2.02. The van der Waals surface area contributed by atoms with Gasteiger partial charge in [0.05, 0.1) is 6.61 Å². The molecule has 0 aliphatic heterocycles. The first-order valence-corrected chi connectivity index (χ1v) is 6.02. The van der Waals surface area contributed by atoms with E-state index in [2.05, 4.69) is 20.1 Å². The fourth-order valence-electron chi connectivity index (χ4n) is 1.40. The molecule has 0 aromatic rings. The third kappa shape index (κ3) is 5.16. The van der Waals surface area contributed by atoms with Crippen LogP contribution in [0.2, 0.25) is 0 Å². The fraction of sp³-hybridized carbons (Fsp3) is 0.571. The van der Waals surface area contributed by atoms with E-state index in [0.717, 1.165) is 19.3 Å². The molecule has 17 heavy (non-hydrogen) atoms. The van der Waals surface area contributed by atoms with Crippen LogP contribution in [0.4, 0.5) is 8.78 Å². The van der Waals surface area contributed by atoms with Crippen molar-refractivity contribution >= 4 is 0 Å². The summed E-state index contributed by atoms with van der Waals surface area (Å²) in [6.07, 6.45) is 2.80. The first-order valence-electron chi connectivity index (χ1n) is 6.02. The van der Waals surface area contributed by atoms with Gasteiger partial charge in [-0.2, -0.15) is 4.39 Å². The van der Waals surface area contributed by atoms with Crippen molar-refractivity contribution in [2.75, 3.05) is 6.61 Å². The highest BCUT2D eigenvalue weighted by atomic mass is 19.2. The second kappa shape index (κ2) is 8.04. The van der Waals surface area contributed by atoms with E-state index in [0.29, 0.717) is 0 Å². The van der Waals surface area contributed by atoms with Gasteiger partial charge in [-0.1, -0.05) is 39.8 Å². The summed E-state index contributed by atoms with van der Waals surface area (Å²) in [5, 5.41) is 0. The van der Waals surface area contributed by atoms with E-state index in [1.54, 1.807) is 6.92 Å². The molecule has 0 fully saturated rings. The molecule has 0 amide bonds.